The van der Waals surface area contributed by atoms with Gasteiger partial charge >= 0.3 is 5.97 Å². The van der Waals surface area contributed by atoms with Gasteiger partial charge in [0.05, 0.1) is 12.5 Å². The second-order valence-corrected chi connectivity index (χ2v) is 6.59. The molecule has 0 fully saturated rings. The van der Waals surface area contributed by atoms with Crippen LogP contribution in [0.3, 0.4) is 0 Å². The predicted molar refractivity (Wildman–Crippen MR) is 95.9 cm³/mol. The molecule has 136 valence electrons. The van der Waals surface area contributed by atoms with E-state index in [1.54, 1.807) is 6.92 Å². The maximum absolute atomic E-state index is 12.9. The van der Waals surface area contributed by atoms with Crippen molar-refractivity contribution in [2.45, 2.75) is 44.8 Å². The summed E-state index contributed by atoms with van der Waals surface area (Å²) < 4.78 is 18.1. The van der Waals surface area contributed by atoms with Crippen molar-refractivity contribution in [3.8, 4) is 0 Å². The number of rotatable bonds is 5. The number of fused-ring (bicyclic) bond motifs is 1. The lowest BCUT2D eigenvalue weighted by Crippen LogP contribution is -2.39. The van der Waals surface area contributed by atoms with Gasteiger partial charge in [0.1, 0.15) is 5.82 Å². The third kappa shape index (κ3) is 4.48. The van der Waals surface area contributed by atoms with Crippen LogP contribution in [0.5, 0.6) is 0 Å². The minimum absolute atomic E-state index is 0.00413. The molecular weight excluding hydrogens is 333 g/mol. The van der Waals surface area contributed by atoms with Crippen LogP contribution >= 0.6 is 0 Å². The Morgan fingerprint density at radius 2 is 1.92 bits per heavy atom. The van der Waals surface area contributed by atoms with Crippen LogP contribution < -0.4 is 5.32 Å². The van der Waals surface area contributed by atoms with Crippen molar-refractivity contribution in [2.24, 2.45) is 0 Å². The molecule has 0 saturated carbocycles. The maximum atomic E-state index is 12.9. The fourth-order valence-corrected chi connectivity index (χ4v) is 3.25. The molecule has 0 spiro atoms. The van der Waals surface area contributed by atoms with Crippen LogP contribution in [0.1, 0.15) is 42.5 Å². The topological polar surface area (TPSA) is 55.4 Å². The van der Waals surface area contributed by atoms with E-state index in [-0.39, 0.29) is 24.2 Å². The molecule has 0 aromatic heterocycles. The first-order chi connectivity index (χ1) is 12.5. The molecule has 4 nitrogen and oxygen atoms in total. The van der Waals surface area contributed by atoms with Gasteiger partial charge in [-0.25, -0.2) is 4.39 Å². The average Bonchev–Trinajstić information content (AvgIpc) is 2.64. The maximum Gasteiger partial charge on any atom is 0.311 e. The van der Waals surface area contributed by atoms with Crippen molar-refractivity contribution in [1.82, 2.24) is 5.32 Å². The smallest absolute Gasteiger partial charge is 0.311 e. The van der Waals surface area contributed by atoms with Crippen LogP contribution in [-0.4, -0.2) is 18.0 Å². The Labute approximate surface area is 152 Å². The minimum Gasteiger partial charge on any atom is -0.452 e. The number of hydrogen-bond acceptors (Lipinski definition) is 3. The Hall–Kier alpha value is -2.69. The monoisotopic (exact) mass is 355 g/mol. The zero-order valence-corrected chi connectivity index (χ0v) is 14.7. The summed E-state index contributed by atoms with van der Waals surface area (Å²) >= 11 is 0. The van der Waals surface area contributed by atoms with E-state index in [0.717, 1.165) is 24.8 Å². The average molecular weight is 355 g/mol. The summed E-state index contributed by atoms with van der Waals surface area (Å²) in [5.74, 6) is -1.18. The number of aryl methyl sites for hydroxylation is 1. The number of halogens is 1. The first-order valence-electron chi connectivity index (χ1n) is 8.85. The van der Waals surface area contributed by atoms with Crippen LogP contribution in [0.25, 0.3) is 0 Å². The summed E-state index contributed by atoms with van der Waals surface area (Å²) in [5.41, 5.74) is 3.03. The fourth-order valence-electron chi connectivity index (χ4n) is 3.25. The molecule has 0 saturated heterocycles. The van der Waals surface area contributed by atoms with Gasteiger partial charge in [-0.05, 0) is 55.0 Å². The van der Waals surface area contributed by atoms with Crippen LogP contribution in [0.15, 0.2) is 48.5 Å². The highest BCUT2D eigenvalue weighted by Gasteiger charge is 2.25. The molecule has 1 amide bonds. The number of benzene rings is 2. The lowest BCUT2D eigenvalue weighted by molar-refractivity contribution is -0.154. The summed E-state index contributed by atoms with van der Waals surface area (Å²) in [6, 6.07) is 13.7. The summed E-state index contributed by atoms with van der Waals surface area (Å²) in [4.78, 5) is 24.4. The van der Waals surface area contributed by atoms with Gasteiger partial charge in [0, 0.05) is 0 Å². The summed E-state index contributed by atoms with van der Waals surface area (Å²) in [6.45, 7) is 1.56. The summed E-state index contributed by atoms with van der Waals surface area (Å²) in [5, 5.41) is 2.99. The Kier molecular flexibility index (Phi) is 5.66. The molecule has 0 radical (unpaired) electrons. The van der Waals surface area contributed by atoms with Crippen LogP contribution in [0.2, 0.25) is 0 Å². The van der Waals surface area contributed by atoms with Gasteiger partial charge in [-0.2, -0.15) is 0 Å². The number of amides is 1. The fraction of sp³-hybridized carbons (Fsp3) is 0.333. The zero-order valence-electron chi connectivity index (χ0n) is 14.7. The van der Waals surface area contributed by atoms with E-state index in [2.05, 4.69) is 11.4 Å². The van der Waals surface area contributed by atoms with Gasteiger partial charge in [-0.3, -0.25) is 9.59 Å². The third-order valence-electron chi connectivity index (χ3n) is 4.63. The van der Waals surface area contributed by atoms with E-state index in [0.29, 0.717) is 5.56 Å². The van der Waals surface area contributed by atoms with Crippen molar-refractivity contribution >= 4 is 11.9 Å². The normalized spacial score (nSPS) is 17.1. The summed E-state index contributed by atoms with van der Waals surface area (Å²) in [7, 11) is 0. The van der Waals surface area contributed by atoms with Crippen molar-refractivity contribution in [3.63, 3.8) is 0 Å². The molecule has 1 aliphatic rings. The highest BCUT2D eigenvalue weighted by Crippen LogP contribution is 2.29. The van der Waals surface area contributed by atoms with Gasteiger partial charge in [0.2, 0.25) is 0 Å². The molecule has 2 atom stereocenters. The molecule has 1 aliphatic carbocycles. The summed E-state index contributed by atoms with van der Waals surface area (Å²) in [6.07, 6.45) is 2.03. The molecule has 26 heavy (non-hydrogen) atoms. The molecule has 3 rings (SSSR count). The van der Waals surface area contributed by atoms with E-state index in [9.17, 15) is 14.0 Å². The van der Waals surface area contributed by atoms with E-state index in [1.165, 1.54) is 29.8 Å². The van der Waals surface area contributed by atoms with Crippen molar-refractivity contribution < 1.29 is 18.7 Å². The molecule has 0 unspecified atom stereocenters. The number of ether oxygens (including phenoxy) is 1. The number of nitrogens with one attached hydrogen (secondary N) is 1. The van der Waals surface area contributed by atoms with Gasteiger partial charge < -0.3 is 10.1 Å². The predicted octanol–water partition coefficient (Wildman–Crippen LogP) is 3.49. The van der Waals surface area contributed by atoms with E-state index < -0.39 is 12.1 Å². The molecule has 2 aromatic carbocycles. The molecule has 0 aliphatic heterocycles. The highest BCUT2D eigenvalue weighted by atomic mass is 19.1. The lowest BCUT2D eigenvalue weighted by atomic mass is 9.87. The third-order valence-corrected chi connectivity index (χ3v) is 4.63. The quantitative estimate of drug-likeness (QED) is 0.836. The van der Waals surface area contributed by atoms with Gasteiger partial charge in [-0.15, -0.1) is 0 Å². The second-order valence-electron chi connectivity index (χ2n) is 6.59. The second kappa shape index (κ2) is 8.13. The SMILES string of the molecule is C[C@H](OC(=O)Cc1ccc(F)cc1)C(=O)N[C@@H]1CCCc2ccccc21. The van der Waals surface area contributed by atoms with Crippen molar-refractivity contribution in [3.05, 3.63) is 71.0 Å². The molecule has 0 heterocycles. The Morgan fingerprint density at radius 3 is 2.69 bits per heavy atom. The molecule has 0 bridgehead atoms. The molecule has 1 N–H and O–H groups in total. The molecule has 5 heteroatoms. The number of hydrogen-bond donors (Lipinski definition) is 1. The minimum atomic E-state index is -0.878. The van der Waals surface area contributed by atoms with Gasteiger partial charge in [-0.1, -0.05) is 36.4 Å². The van der Waals surface area contributed by atoms with Crippen LogP contribution in [0, 0.1) is 5.82 Å². The van der Waals surface area contributed by atoms with Crippen molar-refractivity contribution in [1.29, 1.82) is 0 Å². The standard InChI is InChI=1S/C21H22FNO3/c1-14(26-20(24)13-15-9-11-17(22)12-10-15)21(25)23-19-8-4-6-16-5-2-3-7-18(16)19/h2-3,5,7,9-12,14,19H,4,6,8,13H2,1H3,(H,23,25)/t14-,19+/m0/s1. The van der Waals surface area contributed by atoms with Gasteiger partial charge in [0.15, 0.2) is 6.10 Å². The Balaban J connectivity index is 1.55. The highest BCUT2D eigenvalue weighted by molar-refractivity contribution is 5.84. The number of carbonyl (C=O) groups is 2. The first-order valence-corrected chi connectivity index (χ1v) is 8.85. The molecular formula is C21H22FNO3. The van der Waals surface area contributed by atoms with E-state index >= 15 is 0 Å². The van der Waals surface area contributed by atoms with E-state index in [1.807, 2.05) is 18.2 Å². The number of esters is 1. The van der Waals surface area contributed by atoms with Crippen LogP contribution in [-0.2, 0) is 27.2 Å². The Morgan fingerprint density at radius 1 is 1.19 bits per heavy atom. The number of carbonyl (C=O) groups excluding carboxylic acids is 2. The first kappa shape index (κ1) is 18.1. The van der Waals surface area contributed by atoms with E-state index in [4.69, 9.17) is 4.74 Å². The van der Waals surface area contributed by atoms with Crippen molar-refractivity contribution in [2.75, 3.05) is 0 Å². The van der Waals surface area contributed by atoms with Gasteiger partial charge in [0.25, 0.3) is 5.91 Å². The lowest BCUT2D eigenvalue weighted by Gasteiger charge is -2.27. The van der Waals surface area contributed by atoms with Crippen LogP contribution in [0.4, 0.5) is 4.39 Å². The zero-order chi connectivity index (χ0) is 18.5. The Bertz CT molecular complexity index is 788. The molecule has 2 aromatic rings. The largest absolute Gasteiger partial charge is 0.452 e.